The lowest BCUT2D eigenvalue weighted by Gasteiger charge is -2.19. The van der Waals surface area contributed by atoms with Gasteiger partial charge in [-0.1, -0.05) is 18.9 Å². The van der Waals surface area contributed by atoms with E-state index in [1.54, 1.807) is 24.3 Å². The van der Waals surface area contributed by atoms with Gasteiger partial charge in [-0.2, -0.15) is 15.0 Å². The van der Waals surface area contributed by atoms with Crippen LogP contribution in [0, 0.1) is 0 Å². The van der Waals surface area contributed by atoms with Crippen molar-refractivity contribution in [3.63, 3.8) is 0 Å². The Kier molecular flexibility index (Phi) is 10.1. The number of alkyl carbamates (subject to hydrolysis) is 1. The summed E-state index contributed by atoms with van der Waals surface area (Å²) in [6.45, 7) is 6.75. The molecule has 0 bridgehead atoms. The first-order valence-electron chi connectivity index (χ1n) is 10.7. The summed E-state index contributed by atoms with van der Waals surface area (Å²) >= 11 is 6.02. The summed E-state index contributed by atoms with van der Waals surface area (Å²) in [5.41, 5.74) is 0.532. The number of benzene rings is 1. The lowest BCUT2D eigenvalue weighted by molar-refractivity contribution is 0.0525. The number of rotatable bonds is 11. The van der Waals surface area contributed by atoms with Gasteiger partial charge in [-0.05, 0) is 63.4 Å². The second-order valence-electron chi connectivity index (χ2n) is 8.22. The quantitative estimate of drug-likeness (QED) is 0.314. The second-order valence-corrected chi connectivity index (χ2v) is 8.56. The molecule has 1 amide bonds. The molecular formula is C22H31ClN6O4. The highest BCUT2D eigenvalue weighted by atomic mass is 35.5. The molecule has 33 heavy (non-hydrogen) atoms. The zero-order valence-electron chi connectivity index (χ0n) is 19.4. The number of esters is 1. The van der Waals surface area contributed by atoms with Gasteiger partial charge in [0.25, 0.3) is 0 Å². The molecule has 2 rings (SSSR count). The van der Waals surface area contributed by atoms with Crippen LogP contribution in [0.2, 0.25) is 5.28 Å². The molecule has 11 heteroatoms. The van der Waals surface area contributed by atoms with Crippen LogP contribution in [0.4, 0.5) is 22.4 Å². The number of unbranched alkanes of at least 4 members (excludes halogenated alkanes) is 3. The lowest BCUT2D eigenvalue weighted by Crippen LogP contribution is -2.32. The number of nitrogens with one attached hydrogen (secondary N) is 3. The highest BCUT2D eigenvalue weighted by molar-refractivity contribution is 6.28. The van der Waals surface area contributed by atoms with Gasteiger partial charge in [0.1, 0.15) is 5.60 Å². The van der Waals surface area contributed by atoms with Gasteiger partial charge in [-0.25, -0.2) is 9.59 Å². The number of ether oxygens (including phenoxy) is 2. The van der Waals surface area contributed by atoms with E-state index in [4.69, 9.17) is 21.1 Å². The molecule has 3 N–H and O–H groups in total. The minimum Gasteiger partial charge on any atom is -0.465 e. The summed E-state index contributed by atoms with van der Waals surface area (Å²) in [5, 5.41) is 8.95. The molecule has 0 saturated heterocycles. The van der Waals surface area contributed by atoms with Crippen molar-refractivity contribution in [2.24, 2.45) is 0 Å². The fraction of sp³-hybridized carbons (Fsp3) is 0.500. The van der Waals surface area contributed by atoms with Crippen LogP contribution in [0.3, 0.4) is 0 Å². The normalized spacial score (nSPS) is 10.9. The van der Waals surface area contributed by atoms with E-state index in [0.29, 0.717) is 30.3 Å². The third-order valence-electron chi connectivity index (χ3n) is 4.20. The summed E-state index contributed by atoms with van der Waals surface area (Å²) in [6, 6.07) is 6.78. The predicted molar refractivity (Wildman–Crippen MR) is 127 cm³/mol. The first-order valence-corrected chi connectivity index (χ1v) is 11.1. The van der Waals surface area contributed by atoms with Crippen molar-refractivity contribution in [3.05, 3.63) is 35.1 Å². The fourth-order valence-electron chi connectivity index (χ4n) is 2.76. The number of halogens is 1. The third-order valence-corrected chi connectivity index (χ3v) is 4.37. The van der Waals surface area contributed by atoms with Crippen molar-refractivity contribution in [2.45, 2.75) is 52.1 Å². The molecule has 1 aromatic heterocycles. The van der Waals surface area contributed by atoms with Crippen molar-refractivity contribution in [1.29, 1.82) is 0 Å². The highest BCUT2D eigenvalue weighted by Crippen LogP contribution is 2.18. The summed E-state index contributed by atoms with van der Waals surface area (Å²) in [4.78, 5) is 35.7. The van der Waals surface area contributed by atoms with Gasteiger partial charge in [0, 0.05) is 18.8 Å². The molecule has 0 atom stereocenters. The van der Waals surface area contributed by atoms with Gasteiger partial charge in [0.05, 0.1) is 12.7 Å². The number of nitrogens with zero attached hydrogens (tertiary/aromatic N) is 3. The molecule has 0 fully saturated rings. The number of carbonyl (C=O) groups excluding carboxylic acids is 2. The first kappa shape index (κ1) is 26.1. The Hall–Kier alpha value is -3.14. The van der Waals surface area contributed by atoms with E-state index in [2.05, 4.69) is 30.9 Å². The molecule has 1 aromatic carbocycles. The van der Waals surface area contributed by atoms with E-state index in [1.807, 2.05) is 20.8 Å². The van der Waals surface area contributed by atoms with Crippen LogP contribution in [0.25, 0.3) is 0 Å². The Morgan fingerprint density at radius 2 is 1.70 bits per heavy atom. The number of methoxy groups -OCH3 is 1. The van der Waals surface area contributed by atoms with E-state index in [9.17, 15) is 9.59 Å². The molecule has 2 aromatic rings. The average molecular weight is 479 g/mol. The number of hydrogen-bond donors (Lipinski definition) is 3. The number of amides is 1. The van der Waals surface area contributed by atoms with E-state index >= 15 is 0 Å². The summed E-state index contributed by atoms with van der Waals surface area (Å²) < 4.78 is 9.92. The van der Waals surface area contributed by atoms with Crippen LogP contribution >= 0.6 is 11.6 Å². The standard InChI is InChI=1S/C22H31ClN6O4/c1-22(2,3)33-21(31)25-13-8-6-5-7-12-24-19-27-18(23)28-20(29-19)26-16-11-9-10-15(14-16)17(30)32-4/h9-11,14H,5-8,12-13H2,1-4H3,(H,25,31)(H2,24,26,27,28,29). The number of hydrogen-bond acceptors (Lipinski definition) is 9. The molecule has 0 aliphatic heterocycles. The Bertz CT molecular complexity index is 935. The molecule has 0 saturated carbocycles. The summed E-state index contributed by atoms with van der Waals surface area (Å²) in [5.74, 6) is 0.177. The minimum absolute atomic E-state index is 0.0485. The molecule has 10 nitrogen and oxygen atoms in total. The van der Waals surface area contributed by atoms with Crippen LogP contribution in [0.5, 0.6) is 0 Å². The zero-order valence-corrected chi connectivity index (χ0v) is 20.2. The monoisotopic (exact) mass is 478 g/mol. The maximum atomic E-state index is 11.7. The molecule has 0 radical (unpaired) electrons. The molecule has 0 aliphatic rings. The van der Waals surface area contributed by atoms with Crippen molar-refractivity contribution in [2.75, 3.05) is 30.8 Å². The maximum Gasteiger partial charge on any atom is 0.407 e. The van der Waals surface area contributed by atoms with Crippen molar-refractivity contribution in [3.8, 4) is 0 Å². The first-order chi connectivity index (χ1) is 15.7. The Morgan fingerprint density at radius 3 is 2.39 bits per heavy atom. The Labute approximate surface area is 198 Å². The average Bonchev–Trinajstić information content (AvgIpc) is 2.73. The molecule has 0 spiro atoms. The maximum absolute atomic E-state index is 11.7. The lowest BCUT2D eigenvalue weighted by atomic mass is 10.2. The smallest absolute Gasteiger partial charge is 0.407 e. The fourth-order valence-corrected chi connectivity index (χ4v) is 2.92. The number of anilines is 3. The van der Waals surface area contributed by atoms with Crippen LogP contribution in [-0.2, 0) is 9.47 Å². The second kappa shape index (κ2) is 12.8. The third kappa shape index (κ3) is 10.3. The van der Waals surface area contributed by atoms with Gasteiger partial charge in [-0.3, -0.25) is 0 Å². The van der Waals surface area contributed by atoms with Crippen molar-refractivity contribution >= 4 is 41.2 Å². The van der Waals surface area contributed by atoms with Crippen LogP contribution in [0.15, 0.2) is 24.3 Å². The van der Waals surface area contributed by atoms with Gasteiger partial charge in [0.2, 0.25) is 17.2 Å². The van der Waals surface area contributed by atoms with Gasteiger partial charge in [0.15, 0.2) is 0 Å². The molecule has 0 aliphatic carbocycles. The number of carbonyl (C=O) groups is 2. The van der Waals surface area contributed by atoms with Gasteiger partial charge >= 0.3 is 12.1 Å². The molecule has 180 valence electrons. The minimum atomic E-state index is -0.490. The van der Waals surface area contributed by atoms with Crippen LogP contribution in [-0.4, -0.2) is 52.8 Å². The van der Waals surface area contributed by atoms with Crippen molar-refractivity contribution in [1.82, 2.24) is 20.3 Å². The number of aromatic nitrogens is 3. The highest BCUT2D eigenvalue weighted by Gasteiger charge is 2.15. The van der Waals surface area contributed by atoms with E-state index in [-0.39, 0.29) is 11.2 Å². The topological polar surface area (TPSA) is 127 Å². The van der Waals surface area contributed by atoms with Gasteiger partial charge in [-0.15, -0.1) is 0 Å². The Balaban J connectivity index is 1.73. The molecule has 0 unspecified atom stereocenters. The van der Waals surface area contributed by atoms with E-state index in [0.717, 1.165) is 25.7 Å². The molecular weight excluding hydrogens is 448 g/mol. The molecule has 1 heterocycles. The summed E-state index contributed by atoms with van der Waals surface area (Å²) in [7, 11) is 1.33. The van der Waals surface area contributed by atoms with Crippen molar-refractivity contribution < 1.29 is 19.1 Å². The predicted octanol–water partition coefficient (Wildman–Crippen LogP) is 4.55. The zero-order chi connectivity index (χ0) is 24.3. The summed E-state index contributed by atoms with van der Waals surface area (Å²) in [6.07, 6.45) is 3.33. The van der Waals surface area contributed by atoms with E-state index in [1.165, 1.54) is 7.11 Å². The Morgan fingerprint density at radius 1 is 1.00 bits per heavy atom. The largest absolute Gasteiger partial charge is 0.465 e. The van der Waals surface area contributed by atoms with Gasteiger partial charge < -0.3 is 25.4 Å². The van der Waals surface area contributed by atoms with Crippen LogP contribution < -0.4 is 16.0 Å². The van der Waals surface area contributed by atoms with Crippen LogP contribution in [0.1, 0.15) is 56.8 Å². The SMILES string of the molecule is COC(=O)c1cccc(Nc2nc(Cl)nc(NCCCCCCNC(=O)OC(C)(C)C)n2)c1. The van der Waals surface area contributed by atoms with E-state index < -0.39 is 17.7 Å².